The van der Waals surface area contributed by atoms with Crippen LogP contribution in [0, 0.1) is 5.92 Å². The Labute approximate surface area is 141 Å². The average molecular weight is 357 g/mol. The third-order valence-electron chi connectivity index (χ3n) is 3.98. The number of pyridine rings is 1. The average Bonchev–Trinajstić information content (AvgIpc) is 2.49. The number of aliphatic hydroxyl groups excluding tert-OH is 1. The maximum absolute atomic E-state index is 12.1. The van der Waals surface area contributed by atoms with Crippen molar-refractivity contribution in [2.24, 2.45) is 5.92 Å². The molecule has 0 aromatic carbocycles. The number of amides is 1. The van der Waals surface area contributed by atoms with E-state index in [2.05, 4.69) is 15.0 Å². The van der Waals surface area contributed by atoms with Crippen LogP contribution in [0.15, 0.2) is 18.3 Å². The van der Waals surface area contributed by atoms with Crippen molar-refractivity contribution in [2.45, 2.75) is 31.4 Å². The molecule has 0 bridgehead atoms. The Morgan fingerprint density at radius 1 is 1.46 bits per heavy atom. The lowest BCUT2D eigenvalue weighted by molar-refractivity contribution is -0.122. The molecule has 24 heavy (non-hydrogen) atoms. The van der Waals surface area contributed by atoms with E-state index in [1.807, 2.05) is 6.07 Å². The Kier molecular flexibility index (Phi) is 6.14. The maximum Gasteiger partial charge on any atom is 0.221 e. The van der Waals surface area contributed by atoms with Gasteiger partial charge in [-0.2, -0.15) is 0 Å². The van der Waals surface area contributed by atoms with Crippen LogP contribution in [0.25, 0.3) is 0 Å². The number of sulfonamides is 1. The smallest absolute Gasteiger partial charge is 0.221 e. The minimum atomic E-state index is -3.31. The Balaban J connectivity index is 1.99. The number of hydrogen-bond donors (Lipinski definition) is 3. The second-order valence-electron chi connectivity index (χ2n) is 5.98. The molecule has 1 atom stereocenters. The highest BCUT2D eigenvalue weighted by atomic mass is 32.2. The second-order valence-corrected chi connectivity index (χ2v) is 7.81. The van der Waals surface area contributed by atoms with Crippen molar-refractivity contribution in [3.63, 3.8) is 0 Å². The molecule has 0 saturated heterocycles. The van der Waals surface area contributed by atoms with Gasteiger partial charge >= 0.3 is 0 Å². The van der Waals surface area contributed by atoms with Gasteiger partial charge in [-0.25, -0.2) is 18.1 Å². The molecule has 1 saturated carbocycles. The molecule has 1 aliphatic rings. The number of carbonyl (C=O) groups excluding carboxylic acids is 1. The molecule has 0 spiro atoms. The molecule has 1 heterocycles. The van der Waals surface area contributed by atoms with Crippen LogP contribution in [-0.2, 0) is 14.8 Å². The molecule has 0 aliphatic heterocycles. The molecule has 0 radical (unpaired) electrons. The van der Waals surface area contributed by atoms with Crippen molar-refractivity contribution >= 4 is 15.9 Å². The summed E-state index contributed by atoms with van der Waals surface area (Å²) in [6.07, 6.45) is 3.61. The number of methoxy groups -OCH3 is 1. The number of nitrogens with one attached hydrogen (secondary N) is 2. The van der Waals surface area contributed by atoms with Gasteiger partial charge in [0.25, 0.3) is 0 Å². The Morgan fingerprint density at radius 3 is 2.67 bits per heavy atom. The molecule has 8 nitrogen and oxygen atoms in total. The van der Waals surface area contributed by atoms with Crippen molar-refractivity contribution in [3.05, 3.63) is 23.9 Å². The summed E-state index contributed by atoms with van der Waals surface area (Å²) in [6, 6.07) is 3.28. The van der Waals surface area contributed by atoms with Gasteiger partial charge in [0, 0.05) is 25.2 Å². The van der Waals surface area contributed by atoms with E-state index in [9.17, 15) is 18.3 Å². The highest BCUT2D eigenvalue weighted by molar-refractivity contribution is 7.88. The summed E-state index contributed by atoms with van der Waals surface area (Å²) in [7, 11) is -1.79. The van der Waals surface area contributed by atoms with Crippen LogP contribution in [0.2, 0.25) is 0 Å². The summed E-state index contributed by atoms with van der Waals surface area (Å²) in [5.74, 6) is 0.352. The second kappa shape index (κ2) is 7.91. The van der Waals surface area contributed by atoms with Crippen LogP contribution in [0.1, 0.15) is 30.9 Å². The third kappa shape index (κ3) is 5.43. The first kappa shape index (κ1) is 18.6. The van der Waals surface area contributed by atoms with Crippen LogP contribution in [0.5, 0.6) is 5.88 Å². The fourth-order valence-corrected chi connectivity index (χ4v) is 3.14. The number of hydrogen-bond acceptors (Lipinski definition) is 6. The Bertz CT molecular complexity index is 656. The lowest BCUT2D eigenvalue weighted by atomic mass is 9.75. The molecular formula is C15H23N3O5S. The summed E-state index contributed by atoms with van der Waals surface area (Å²) in [5, 5.41) is 12.5. The van der Waals surface area contributed by atoms with Gasteiger partial charge in [0.1, 0.15) is 0 Å². The van der Waals surface area contributed by atoms with E-state index in [-0.39, 0.29) is 36.9 Å². The summed E-state index contributed by atoms with van der Waals surface area (Å²) in [6.45, 7) is 0.0472. The molecule has 1 aromatic heterocycles. The van der Waals surface area contributed by atoms with Gasteiger partial charge in [0.05, 0.1) is 25.5 Å². The van der Waals surface area contributed by atoms with Crippen LogP contribution < -0.4 is 14.8 Å². The summed E-state index contributed by atoms with van der Waals surface area (Å²) in [5.41, 5.74) is 0.831. The van der Waals surface area contributed by atoms with Gasteiger partial charge in [-0.05, 0) is 24.3 Å². The number of aliphatic hydroxyl groups is 1. The first-order valence-electron chi connectivity index (χ1n) is 7.70. The zero-order valence-corrected chi connectivity index (χ0v) is 14.5. The number of aromatic nitrogens is 1. The highest BCUT2D eigenvalue weighted by Gasteiger charge is 2.35. The van der Waals surface area contributed by atoms with E-state index in [4.69, 9.17) is 4.74 Å². The molecule has 9 heteroatoms. The molecule has 0 unspecified atom stereocenters. The van der Waals surface area contributed by atoms with E-state index < -0.39 is 10.0 Å². The summed E-state index contributed by atoms with van der Waals surface area (Å²) in [4.78, 5) is 16.3. The van der Waals surface area contributed by atoms with Gasteiger partial charge in [-0.3, -0.25) is 4.79 Å². The van der Waals surface area contributed by atoms with E-state index >= 15 is 0 Å². The molecule has 3 N–H and O–H groups in total. The van der Waals surface area contributed by atoms with Crippen molar-refractivity contribution in [2.75, 3.05) is 19.9 Å². The van der Waals surface area contributed by atoms with Gasteiger partial charge in [-0.1, -0.05) is 6.07 Å². The molecule has 1 aromatic rings. The van der Waals surface area contributed by atoms with E-state index in [0.29, 0.717) is 18.7 Å². The lowest BCUT2D eigenvalue weighted by Crippen LogP contribution is -2.42. The number of rotatable bonds is 8. The third-order valence-corrected chi connectivity index (χ3v) is 4.71. The monoisotopic (exact) mass is 357 g/mol. The summed E-state index contributed by atoms with van der Waals surface area (Å²) >= 11 is 0. The van der Waals surface area contributed by atoms with Crippen molar-refractivity contribution in [3.8, 4) is 5.88 Å². The first-order valence-corrected chi connectivity index (χ1v) is 9.59. The van der Waals surface area contributed by atoms with Gasteiger partial charge in [0.15, 0.2) is 0 Å². The maximum atomic E-state index is 12.1. The Hall–Kier alpha value is -1.71. The number of carbonyl (C=O) groups is 1. The highest BCUT2D eigenvalue weighted by Crippen LogP contribution is 2.38. The van der Waals surface area contributed by atoms with Gasteiger partial charge in [0.2, 0.25) is 21.8 Å². The molecule has 1 fully saturated rings. The molecule has 134 valence electrons. The topological polar surface area (TPSA) is 118 Å². The quantitative estimate of drug-likeness (QED) is 0.601. The van der Waals surface area contributed by atoms with Gasteiger partial charge in [-0.15, -0.1) is 0 Å². The van der Waals surface area contributed by atoms with Crippen LogP contribution >= 0.6 is 0 Å². The number of ether oxygens (including phenoxy) is 1. The fourth-order valence-electron chi connectivity index (χ4n) is 2.67. The predicted molar refractivity (Wildman–Crippen MR) is 87.9 cm³/mol. The fraction of sp³-hybridized carbons (Fsp3) is 0.600. The largest absolute Gasteiger partial charge is 0.481 e. The molecule has 2 rings (SSSR count). The van der Waals surface area contributed by atoms with Gasteiger partial charge < -0.3 is 15.2 Å². The molecular weight excluding hydrogens is 334 g/mol. The van der Waals surface area contributed by atoms with Crippen molar-refractivity contribution in [1.29, 1.82) is 0 Å². The summed E-state index contributed by atoms with van der Waals surface area (Å²) < 4.78 is 29.4. The lowest BCUT2D eigenvalue weighted by Gasteiger charge is -2.38. The zero-order chi connectivity index (χ0) is 17.7. The van der Waals surface area contributed by atoms with Crippen LogP contribution in [-0.4, -0.2) is 50.4 Å². The zero-order valence-electron chi connectivity index (χ0n) is 13.7. The van der Waals surface area contributed by atoms with E-state index in [0.717, 1.165) is 11.8 Å². The minimum absolute atomic E-state index is 0.0441. The Morgan fingerprint density at radius 2 is 2.17 bits per heavy atom. The van der Waals surface area contributed by atoms with E-state index in [1.54, 1.807) is 12.3 Å². The molecule has 1 amide bonds. The number of nitrogens with zero attached hydrogens (tertiary/aromatic N) is 1. The SMILES string of the molecule is COc1ccc([C@H](NC(=O)CCNS(C)(=O)=O)C2CC(O)C2)cn1. The standard InChI is InChI=1S/C15H23N3O5S/c1-23-14-4-3-10(9-16-14)15(11-7-12(19)8-11)18-13(20)5-6-17-24(2,21)22/h3-4,9,11-12,15,17,19H,5-8H2,1-2H3,(H,18,20)/t11?,12?,15-/m0/s1. The van der Waals surface area contributed by atoms with Crippen LogP contribution in [0.3, 0.4) is 0 Å². The first-order chi connectivity index (χ1) is 11.3. The normalized spacial score (nSPS) is 21.6. The molecule has 1 aliphatic carbocycles. The minimum Gasteiger partial charge on any atom is -0.481 e. The predicted octanol–water partition coefficient (Wildman–Crippen LogP) is -0.0423. The van der Waals surface area contributed by atoms with E-state index in [1.165, 1.54) is 7.11 Å². The van der Waals surface area contributed by atoms with Crippen molar-refractivity contribution in [1.82, 2.24) is 15.0 Å². The van der Waals surface area contributed by atoms with Crippen LogP contribution in [0.4, 0.5) is 0 Å². The van der Waals surface area contributed by atoms with Crippen molar-refractivity contribution < 1.29 is 23.1 Å².